The lowest BCUT2D eigenvalue weighted by Crippen LogP contribution is -2.49. The van der Waals surface area contributed by atoms with Crippen molar-refractivity contribution in [3.05, 3.63) is 10.4 Å². The van der Waals surface area contributed by atoms with E-state index >= 15 is 0 Å². The molecule has 2 aliphatic carbocycles. The largest absolute Gasteiger partial charge is 0.466 e. The fraction of sp³-hybridized carbons (Fsp3) is 0.833. The van der Waals surface area contributed by atoms with Crippen molar-refractivity contribution in [2.75, 3.05) is 13.2 Å². The Hall–Kier alpha value is -1.79. The van der Waals surface area contributed by atoms with Crippen LogP contribution in [0.4, 0.5) is 0 Å². The summed E-state index contributed by atoms with van der Waals surface area (Å²) in [7, 11) is 0. The maximum atomic E-state index is 12.1. The average Bonchev–Trinajstić information content (AvgIpc) is 3.03. The maximum Gasteiger partial charge on any atom is 0.321 e. The van der Waals surface area contributed by atoms with Gasteiger partial charge in [-0.3, -0.25) is 9.59 Å². The van der Waals surface area contributed by atoms with Gasteiger partial charge in [0.2, 0.25) is 0 Å². The van der Waals surface area contributed by atoms with Crippen molar-refractivity contribution in [1.29, 1.82) is 0 Å². The van der Waals surface area contributed by atoms with Gasteiger partial charge in [-0.2, -0.15) is 0 Å². The summed E-state index contributed by atoms with van der Waals surface area (Å²) in [5.41, 5.74) is 7.01. The number of carbonyl (C=O) groups is 2. The number of hydrogen-bond donors (Lipinski definition) is 1. The van der Waals surface area contributed by atoms with Gasteiger partial charge in [-0.15, -0.1) is 0 Å². The summed E-state index contributed by atoms with van der Waals surface area (Å²) in [5, 5.41) is 13.6. The van der Waals surface area contributed by atoms with Crippen LogP contribution in [0.3, 0.4) is 0 Å². The monoisotopic (exact) mass is 283 g/mol. The Labute approximate surface area is 115 Å². The molecule has 110 valence electrons. The standard InChI is InChI=1S/C12H17N3O5/c1-3-19-10(17)8-6-5-7(16)12(9(6)8,14-15-13)11(18)20-4-2/h6-9,16H,3-5H2,1-2H3/t6-,7+,8-,9+,12-/m0/s1. The SMILES string of the molecule is CCOC(=O)[C@H]1[C@@H]2C[C@@H](O)[C@@](N=[N+]=[N-])(C(=O)OCC)[C@H]21. The Morgan fingerprint density at radius 2 is 2.05 bits per heavy atom. The highest BCUT2D eigenvalue weighted by Crippen LogP contribution is 2.64. The van der Waals surface area contributed by atoms with Gasteiger partial charge >= 0.3 is 11.9 Å². The molecule has 5 atom stereocenters. The van der Waals surface area contributed by atoms with E-state index in [4.69, 9.17) is 15.0 Å². The zero-order valence-electron chi connectivity index (χ0n) is 11.4. The molecule has 0 unspecified atom stereocenters. The second kappa shape index (κ2) is 5.30. The first kappa shape index (κ1) is 14.6. The Bertz CT molecular complexity index is 476. The molecule has 0 saturated heterocycles. The molecule has 1 N–H and O–H groups in total. The highest BCUT2D eigenvalue weighted by molar-refractivity contribution is 5.88. The Morgan fingerprint density at radius 3 is 2.60 bits per heavy atom. The predicted octanol–water partition coefficient (Wildman–Crippen LogP) is 0.788. The number of nitrogens with zero attached hydrogens (tertiary/aromatic N) is 3. The summed E-state index contributed by atoms with van der Waals surface area (Å²) in [6.45, 7) is 3.66. The number of azide groups is 1. The highest BCUT2D eigenvalue weighted by atomic mass is 16.5. The van der Waals surface area contributed by atoms with Crippen molar-refractivity contribution in [3.8, 4) is 0 Å². The summed E-state index contributed by atoms with van der Waals surface area (Å²) in [4.78, 5) is 26.6. The van der Waals surface area contributed by atoms with Gasteiger partial charge in [0.25, 0.3) is 0 Å². The lowest BCUT2D eigenvalue weighted by molar-refractivity contribution is -0.156. The van der Waals surface area contributed by atoms with E-state index in [0.29, 0.717) is 0 Å². The van der Waals surface area contributed by atoms with Gasteiger partial charge in [0.1, 0.15) is 0 Å². The molecule has 8 heteroatoms. The molecule has 8 nitrogen and oxygen atoms in total. The first-order valence-corrected chi connectivity index (χ1v) is 6.62. The molecular weight excluding hydrogens is 266 g/mol. The predicted molar refractivity (Wildman–Crippen MR) is 66.2 cm³/mol. The number of carbonyl (C=O) groups excluding carboxylic acids is 2. The summed E-state index contributed by atoms with van der Waals surface area (Å²) >= 11 is 0. The molecule has 0 heterocycles. The lowest BCUT2D eigenvalue weighted by atomic mass is 9.88. The van der Waals surface area contributed by atoms with Crippen LogP contribution in [0.25, 0.3) is 10.4 Å². The smallest absolute Gasteiger partial charge is 0.321 e. The van der Waals surface area contributed by atoms with Gasteiger partial charge in [0.15, 0.2) is 5.54 Å². The third-order valence-corrected chi connectivity index (χ3v) is 4.05. The Kier molecular flexibility index (Phi) is 3.87. The van der Waals surface area contributed by atoms with Gasteiger partial charge in [0.05, 0.1) is 25.2 Å². The van der Waals surface area contributed by atoms with Gasteiger partial charge in [-0.1, -0.05) is 5.11 Å². The molecule has 0 aromatic rings. The second-order valence-corrected chi connectivity index (χ2v) is 4.95. The van der Waals surface area contributed by atoms with Crippen LogP contribution < -0.4 is 0 Å². The van der Waals surface area contributed by atoms with E-state index in [1.165, 1.54) is 0 Å². The van der Waals surface area contributed by atoms with Crippen LogP contribution in [0.5, 0.6) is 0 Å². The number of hydrogen-bond acceptors (Lipinski definition) is 6. The van der Waals surface area contributed by atoms with Gasteiger partial charge in [0, 0.05) is 10.8 Å². The van der Waals surface area contributed by atoms with E-state index in [2.05, 4.69) is 10.0 Å². The van der Waals surface area contributed by atoms with Crippen molar-refractivity contribution >= 4 is 11.9 Å². The zero-order chi connectivity index (χ0) is 14.9. The minimum absolute atomic E-state index is 0.107. The molecule has 2 aliphatic rings. The van der Waals surface area contributed by atoms with E-state index in [1.54, 1.807) is 13.8 Å². The molecular formula is C12H17N3O5. The molecule has 0 aromatic heterocycles. The van der Waals surface area contributed by atoms with Crippen molar-refractivity contribution in [2.24, 2.45) is 22.9 Å². The fourth-order valence-corrected chi connectivity index (χ4v) is 3.25. The Morgan fingerprint density at radius 1 is 1.40 bits per heavy atom. The molecule has 0 aliphatic heterocycles. The molecule has 2 saturated carbocycles. The summed E-state index contributed by atoms with van der Waals surface area (Å²) in [5.74, 6) is -2.43. The molecule has 2 rings (SSSR count). The lowest BCUT2D eigenvalue weighted by Gasteiger charge is -2.28. The van der Waals surface area contributed by atoms with Crippen LogP contribution in [-0.4, -0.2) is 41.9 Å². The van der Waals surface area contributed by atoms with Crippen LogP contribution in [-0.2, 0) is 19.1 Å². The molecule has 20 heavy (non-hydrogen) atoms. The number of ether oxygens (including phenoxy) is 2. The highest BCUT2D eigenvalue weighted by Gasteiger charge is 2.75. The fourth-order valence-electron chi connectivity index (χ4n) is 3.25. The number of aliphatic hydroxyl groups excluding tert-OH is 1. The third kappa shape index (κ3) is 1.92. The van der Waals surface area contributed by atoms with E-state index < -0.39 is 35.4 Å². The summed E-state index contributed by atoms with van der Waals surface area (Å²) in [6.07, 6.45) is -0.899. The molecule has 0 amide bonds. The van der Waals surface area contributed by atoms with Gasteiger partial charge in [-0.05, 0) is 31.7 Å². The number of esters is 2. The number of aliphatic hydroxyl groups is 1. The van der Waals surface area contributed by atoms with E-state index in [9.17, 15) is 14.7 Å². The second-order valence-electron chi connectivity index (χ2n) is 4.95. The first-order valence-electron chi connectivity index (χ1n) is 6.62. The first-order chi connectivity index (χ1) is 9.54. The zero-order valence-corrected chi connectivity index (χ0v) is 11.4. The molecule has 0 aromatic carbocycles. The quantitative estimate of drug-likeness (QED) is 0.346. The summed E-state index contributed by atoms with van der Waals surface area (Å²) in [6, 6.07) is 0. The van der Waals surface area contributed by atoms with E-state index in [0.717, 1.165) is 0 Å². The van der Waals surface area contributed by atoms with Crippen LogP contribution in [0, 0.1) is 17.8 Å². The molecule has 2 fully saturated rings. The van der Waals surface area contributed by atoms with E-state index in [1.807, 2.05) is 0 Å². The summed E-state index contributed by atoms with van der Waals surface area (Å²) < 4.78 is 9.86. The van der Waals surface area contributed by atoms with Crippen molar-refractivity contribution in [1.82, 2.24) is 0 Å². The van der Waals surface area contributed by atoms with Crippen molar-refractivity contribution < 1.29 is 24.2 Å². The normalized spacial score (nSPS) is 37.5. The minimum Gasteiger partial charge on any atom is -0.466 e. The van der Waals surface area contributed by atoms with Gasteiger partial charge in [-0.25, -0.2) is 0 Å². The molecule has 0 bridgehead atoms. The molecule has 0 spiro atoms. The van der Waals surface area contributed by atoms with Crippen molar-refractivity contribution in [3.63, 3.8) is 0 Å². The number of fused-ring (bicyclic) bond motifs is 1. The molecule has 0 radical (unpaired) electrons. The number of rotatable bonds is 5. The minimum atomic E-state index is -1.70. The van der Waals surface area contributed by atoms with Crippen LogP contribution in [0.15, 0.2) is 5.11 Å². The topological polar surface area (TPSA) is 122 Å². The van der Waals surface area contributed by atoms with Crippen LogP contribution >= 0.6 is 0 Å². The van der Waals surface area contributed by atoms with Crippen LogP contribution in [0.1, 0.15) is 20.3 Å². The van der Waals surface area contributed by atoms with Gasteiger partial charge < -0.3 is 14.6 Å². The van der Waals surface area contributed by atoms with E-state index in [-0.39, 0.29) is 25.6 Å². The van der Waals surface area contributed by atoms with Crippen molar-refractivity contribution in [2.45, 2.75) is 31.9 Å². The third-order valence-electron chi connectivity index (χ3n) is 4.05. The Balaban J connectivity index is 2.29. The van der Waals surface area contributed by atoms with Crippen LogP contribution in [0.2, 0.25) is 0 Å². The maximum absolute atomic E-state index is 12.1. The average molecular weight is 283 g/mol.